The van der Waals surface area contributed by atoms with Crippen LogP contribution in [0.1, 0.15) is 22.6 Å². The van der Waals surface area contributed by atoms with Gasteiger partial charge in [-0.2, -0.15) is 0 Å². The Labute approximate surface area is 187 Å². The molecule has 1 aromatic heterocycles. The number of anilines is 1. The summed E-state index contributed by atoms with van der Waals surface area (Å²) in [4.78, 5) is 27.8. The van der Waals surface area contributed by atoms with Gasteiger partial charge in [-0.05, 0) is 30.0 Å². The zero-order valence-corrected chi connectivity index (χ0v) is 18.2. The zero-order chi connectivity index (χ0) is 22.2. The van der Waals surface area contributed by atoms with Crippen LogP contribution in [0.15, 0.2) is 49.1 Å². The summed E-state index contributed by atoms with van der Waals surface area (Å²) in [7, 11) is 0. The highest BCUT2D eigenvalue weighted by Gasteiger charge is 2.29. The Morgan fingerprint density at radius 2 is 1.81 bits per heavy atom. The number of carbonyl (C=O) groups is 1. The molecular formula is C25H26FN5O. The molecule has 2 aliphatic rings. The number of amides is 1. The van der Waals surface area contributed by atoms with Crippen molar-refractivity contribution in [2.45, 2.75) is 26.6 Å². The second-order valence-corrected chi connectivity index (χ2v) is 8.43. The van der Waals surface area contributed by atoms with E-state index in [2.05, 4.69) is 16.4 Å². The topological polar surface area (TPSA) is 52.6 Å². The second-order valence-electron chi connectivity index (χ2n) is 8.43. The van der Waals surface area contributed by atoms with Crippen molar-refractivity contribution in [3.8, 4) is 0 Å². The lowest BCUT2D eigenvalue weighted by molar-refractivity contribution is -0.126. The fraction of sp³-hybridized carbons (Fsp3) is 0.320. The molecule has 6 nitrogen and oxygen atoms in total. The summed E-state index contributed by atoms with van der Waals surface area (Å²) in [6, 6.07) is 11.1. The molecule has 7 heteroatoms. The molecule has 1 saturated heterocycles. The Balaban J connectivity index is 1.37. The van der Waals surface area contributed by atoms with Crippen LogP contribution >= 0.6 is 0 Å². The van der Waals surface area contributed by atoms with Crippen LogP contribution in [0, 0.1) is 12.7 Å². The molecule has 0 saturated carbocycles. The van der Waals surface area contributed by atoms with Crippen molar-refractivity contribution in [1.29, 1.82) is 0 Å². The SMILES string of the molecule is C=CC(=O)N1CCN(c2nc(C)nc3c2CN(Cc2ccc(F)c4ccccc24)C3)CC1. The first-order valence-corrected chi connectivity index (χ1v) is 10.9. The summed E-state index contributed by atoms with van der Waals surface area (Å²) < 4.78 is 14.2. The smallest absolute Gasteiger partial charge is 0.246 e. The van der Waals surface area contributed by atoms with Crippen molar-refractivity contribution in [3.63, 3.8) is 0 Å². The number of rotatable bonds is 4. The number of halogens is 1. The van der Waals surface area contributed by atoms with Crippen molar-refractivity contribution in [2.24, 2.45) is 0 Å². The number of nitrogens with zero attached hydrogens (tertiary/aromatic N) is 5. The van der Waals surface area contributed by atoms with Gasteiger partial charge in [0, 0.05) is 56.8 Å². The maximum atomic E-state index is 14.2. The van der Waals surface area contributed by atoms with Gasteiger partial charge in [0.2, 0.25) is 5.91 Å². The van der Waals surface area contributed by atoms with Gasteiger partial charge in [0.05, 0.1) is 5.69 Å². The van der Waals surface area contributed by atoms with Gasteiger partial charge in [-0.1, -0.05) is 36.9 Å². The van der Waals surface area contributed by atoms with Crippen LogP contribution in [0.25, 0.3) is 10.8 Å². The van der Waals surface area contributed by atoms with Crippen LogP contribution in [0.2, 0.25) is 0 Å². The van der Waals surface area contributed by atoms with E-state index in [4.69, 9.17) is 9.97 Å². The van der Waals surface area contributed by atoms with E-state index >= 15 is 0 Å². The van der Waals surface area contributed by atoms with E-state index in [0.717, 1.165) is 66.6 Å². The van der Waals surface area contributed by atoms with Gasteiger partial charge < -0.3 is 9.80 Å². The minimum Gasteiger partial charge on any atom is -0.353 e. The van der Waals surface area contributed by atoms with Crippen LogP contribution in [0.5, 0.6) is 0 Å². The lowest BCUT2D eigenvalue weighted by atomic mass is 10.0. The largest absolute Gasteiger partial charge is 0.353 e. The van der Waals surface area contributed by atoms with Gasteiger partial charge >= 0.3 is 0 Å². The molecule has 0 atom stereocenters. The number of aromatic nitrogens is 2. The van der Waals surface area contributed by atoms with Gasteiger partial charge in [-0.25, -0.2) is 14.4 Å². The highest BCUT2D eigenvalue weighted by atomic mass is 19.1. The minimum atomic E-state index is -0.188. The number of aryl methyl sites for hydroxylation is 1. The fourth-order valence-electron chi connectivity index (χ4n) is 4.77. The van der Waals surface area contributed by atoms with E-state index in [1.165, 1.54) is 6.08 Å². The first-order chi connectivity index (χ1) is 15.5. The molecule has 1 fully saturated rings. The van der Waals surface area contributed by atoms with E-state index in [1.54, 1.807) is 6.07 Å². The molecule has 0 bridgehead atoms. The molecule has 2 aliphatic heterocycles. The number of fused-ring (bicyclic) bond motifs is 2. The summed E-state index contributed by atoms with van der Waals surface area (Å²) in [5.74, 6) is 1.53. The highest BCUT2D eigenvalue weighted by molar-refractivity contribution is 5.87. The summed E-state index contributed by atoms with van der Waals surface area (Å²) in [6.45, 7) is 10.5. The van der Waals surface area contributed by atoms with Crippen molar-refractivity contribution in [2.75, 3.05) is 31.1 Å². The summed E-state index contributed by atoms with van der Waals surface area (Å²) in [5.41, 5.74) is 3.33. The Morgan fingerprint density at radius 3 is 2.56 bits per heavy atom. The van der Waals surface area contributed by atoms with Gasteiger partial charge in [-0.3, -0.25) is 9.69 Å². The summed E-state index contributed by atoms with van der Waals surface area (Å²) in [6.07, 6.45) is 1.37. The fourth-order valence-corrected chi connectivity index (χ4v) is 4.77. The summed E-state index contributed by atoms with van der Waals surface area (Å²) in [5, 5.41) is 1.61. The third kappa shape index (κ3) is 3.73. The Kier molecular flexibility index (Phi) is 5.35. The van der Waals surface area contributed by atoms with E-state index in [1.807, 2.05) is 42.2 Å². The Hall–Kier alpha value is -3.32. The van der Waals surface area contributed by atoms with Crippen LogP contribution in [0.3, 0.4) is 0 Å². The minimum absolute atomic E-state index is 0.0218. The average molecular weight is 432 g/mol. The Bertz CT molecular complexity index is 1200. The standard InChI is InChI=1S/C25H26FN5O/c1-3-24(32)30-10-12-31(13-11-30)25-21-15-29(16-23(21)27-17(2)28-25)14-18-8-9-22(26)20-7-5-4-6-19(18)20/h3-9H,1,10-16H2,2H3. The first-order valence-electron chi connectivity index (χ1n) is 10.9. The molecule has 1 amide bonds. The molecular weight excluding hydrogens is 405 g/mol. The molecule has 32 heavy (non-hydrogen) atoms. The van der Waals surface area contributed by atoms with Crippen LogP contribution < -0.4 is 4.90 Å². The van der Waals surface area contributed by atoms with Crippen LogP contribution in [0.4, 0.5) is 10.2 Å². The third-order valence-corrected chi connectivity index (χ3v) is 6.36. The molecule has 0 aliphatic carbocycles. The van der Waals surface area contributed by atoms with Crippen molar-refractivity contribution in [1.82, 2.24) is 19.8 Å². The molecule has 2 aromatic carbocycles. The molecule has 0 spiro atoms. The first kappa shape index (κ1) is 20.6. The van der Waals surface area contributed by atoms with Gasteiger partial charge in [-0.15, -0.1) is 0 Å². The van der Waals surface area contributed by atoms with Gasteiger partial charge in [0.1, 0.15) is 17.5 Å². The van der Waals surface area contributed by atoms with E-state index < -0.39 is 0 Å². The molecule has 164 valence electrons. The third-order valence-electron chi connectivity index (χ3n) is 6.36. The summed E-state index contributed by atoms with van der Waals surface area (Å²) >= 11 is 0. The predicted molar refractivity (Wildman–Crippen MR) is 123 cm³/mol. The van der Waals surface area contributed by atoms with E-state index in [-0.39, 0.29) is 11.7 Å². The monoisotopic (exact) mass is 431 g/mol. The molecule has 3 aromatic rings. The van der Waals surface area contributed by atoms with Crippen LogP contribution in [-0.4, -0.2) is 51.9 Å². The maximum absolute atomic E-state index is 14.2. The molecule has 0 unspecified atom stereocenters. The van der Waals surface area contributed by atoms with Crippen molar-refractivity contribution >= 4 is 22.5 Å². The van der Waals surface area contributed by atoms with E-state index in [9.17, 15) is 9.18 Å². The lowest BCUT2D eigenvalue weighted by Crippen LogP contribution is -2.48. The molecule has 5 rings (SSSR count). The van der Waals surface area contributed by atoms with Crippen molar-refractivity contribution < 1.29 is 9.18 Å². The molecule has 3 heterocycles. The van der Waals surface area contributed by atoms with E-state index in [0.29, 0.717) is 18.5 Å². The van der Waals surface area contributed by atoms with Crippen LogP contribution in [-0.2, 0) is 24.4 Å². The average Bonchev–Trinajstić information content (AvgIpc) is 3.22. The maximum Gasteiger partial charge on any atom is 0.246 e. The molecule has 0 radical (unpaired) electrons. The number of carbonyl (C=O) groups excluding carboxylic acids is 1. The number of benzene rings is 2. The quantitative estimate of drug-likeness (QED) is 0.593. The highest BCUT2D eigenvalue weighted by Crippen LogP contribution is 2.32. The molecule has 0 N–H and O–H groups in total. The number of hydrogen-bond donors (Lipinski definition) is 0. The van der Waals surface area contributed by atoms with Gasteiger partial charge in [0.15, 0.2) is 0 Å². The predicted octanol–water partition coefficient (Wildman–Crippen LogP) is 3.43. The lowest BCUT2D eigenvalue weighted by Gasteiger charge is -2.35. The normalized spacial score (nSPS) is 16.4. The van der Waals surface area contributed by atoms with Gasteiger partial charge in [0.25, 0.3) is 0 Å². The van der Waals surface area contributed by atoms with Crippen molar-refractivity contribution in [3.05, 3.63) is 77.5 Å². The number of piperazine rings is 1. The Morgan fingerprint density at radius 1 is 1.06 bits per heavy atom. The second kappa shape index (κ2) is 8.31. The number of hydrogen-bond acceptors (Lipinski definition) is 5. The zero-order valence-electron chi connectivity index (χ0n) is 18.2.